The van der Waals surface area contributed by atoms with Gasteiger partial charge in [0.15, 0.2) is 0 Å². The zero-order valence-corrected chi connectivity index (χ0v) is 18.2. The Balaban J connectivity index is 0.000000181. The van der Waals surface area contributed by atoms with Gasteiger partial charge in [-0.2, -0.15) is 0 Å². The minimum Gasteiger partial charge on any atom is -0.468 e. The van der Waals surface area contributed by atoms with E-state index in [2.05, 4.69) is 20.0 Å². The van der Waals surface area contributed by atoms with Gasteiger partial charge in [-0.1, -0.05) is 36.4 Å². The summed E-state index contributed by atoms with van der Waals surface area (Å²) in [6.07, 6.45) is 4.82. The number of aromatic nitrogens is 2. The number of nitrogens with two attached hydrogens (primary N) is 2. The highest BCUT2D eigenvalue weighted by atomic mass is 16.5. The molecule has 2 heterocycles. The number of benzene rings is 2. The van der Waals surface area contributed by atoms with E-state index in [-0.39, 0.29) is 11.9 Å². The van der Waals surface area contributed by atoms with Crippen LogP contribution in [0.1, 0.15) is 11.1 Å². The minimum absolute atomic E-state index is 0.134. The number of esters is 1. The first-order valence-electron chi connectivity index (χ1n) is 10.3. The molecule has 7 N–H and O–H groups in total. The molecule has 8 heteroatoms. The molecule has 0 saturated heterocycles. The molecule has 0 aliphatic heterocycles. The van der Waals surface area contributed by atoms with Gasteiger partial charge in [0, 0.05) is 47.7 Å². The fourth-order valence-electron chi connectivity index (χ4n) is 3.59. The quantitative estimate of drug-likeness (QED) is 0.295. The van der Waals surface area contributed by atoms with E-state index in [4.69, 9.17) is 11.5 Å². The van der Waals surface area contributed by atoms with Gasteiger partial charge >= 0.3 is 5.97 Å². The molecule has 0 spiro atoms. The summed E-state index contributed by atoms with van der Waals surface area (Å²) in [5.74, 6) is -0.518. The van der Waals surface area contributed by atoms with E-state index in [9.17, 15) is 9.59 Å². The van der Waals surface area contributed by atoms with Gasteiger partial charge in [0.1, 0.15) is 6.04 Å². The first-order chi connectivity index (χ1) is 15.4. The van der Waals surface area contributed by atoms with Crippen molar-refractivity contribution >= 4 is 33.7 Å². The largest absolute Gasteiger partial charge is 0.468 e. The molecule has 0 radical (unpaired) electrons. The lowest BCUT2D eigenvalue weighted by Gasteiger charge is -2.08. The molecule has 2 aromatic heterocycles. The molecule has 8 nitrogen and oxygen atoms in total. The number of fused-ring (bicyclic) bond motifs is 2. The Kier molecular flexibility index (Phi) is 7.64. The van der Waals surface area contributed by atoms with Crippen molar-refractivity contribution in [2.45, 2.75) is 24.9 Å². The maximum Gasteiger partial charge on any atom is 0.322 e. The number of hydrogen-bond donors (Lipinski definition) is 5. The smallest absolute Gasteiger partial charge is 0.322 e. The van der Waals surface area contributed by atoms with E-state index in [1.807, 2.05) is 60.9 Å². The second-order valence-electron chi connectivity index (χ2n) is 7.48. The number of hydrogen-bond acceptors (Lipinski definition) is 5. The average Bonchev–Trinajstić information content (AvgIpc) is 3.42. The number of likely N-dealkylation sites (N-methyl/N-ethyl adjacent to an activating group) is 1. The van der Waals surface area contributed by atoms with Crippen LogP contribution in [0.3, 0.4) is 0 Å². The van der Waals surface area contributed by atoms with Crippen LogP contribution in [-0.4, -0.2) is 48.1 Å². The third kappa shape index (κ3) is 5.35. The van der Waals surface area contributed by atoms with Gasteiger partial charge in [-0.3, -0.25) is 9.59 Å². The van der Waals surface area contributed by atoms with E-state index < -0.39 is 12.1 Å². The number of carbonyl (C=O) groups excluding carboxylic acids is 2. The summed E-state index contributed by atoms with van der Waals surface area (Å²) in [4.78, 5) is 28.9. The predicted octanol–water partition coefficient (Wildman–Crippen LogP) is 1.99. The molecule has 168 valence electrons. The Morgan fingerprint density at radius 1 is 0.875 bits per heavy atom. The van der Waals surface area contributed by atoms with Crippen LogP contribution in [0.25, 0.3) is 21.8 Å². The third-order valence-corrected chi connectivity index (χ3v) is 5.32. The van der Waals surface area contributed by atoms with E-state index in [0.29, 0.717) is 12.8 Å². The third-order valence-electron chi connectivity index (χ3n) is 5.32. The number of carbonyl (C=O) groups is 2. The molecule has 0 bridgehead atoms. The number of H-pyrrole nitrogens is 2. The number of aromatic amines is 2. The molecule has 2 atom stereocenters. The summed E-state index contributed by atoms with van der Waals surface area (Å²) in [5.41, 5.74) is 15.7. The summed E-state index contributed by atoms with van der Waals surface area (Å²) in [6, 6.07) is 14.8. The van der Waals surface area contributed by atoms with Crippen LogP contribution in [0.15, 0.2) is 60.9 Å². The molecule has 2 aromatic carbocycles. The van der Waals surface area contributed by atoms with Crippen LogP contribution < -0.4 is 16.8 Å². The highest BCUT2D eigenvalue weighted by molar-refractivity contribution is 5.86. The summed E-state index contributed by atoms with van der Waals surface area (Å²) in [7, 11) is 2.94. The molecular weight excluding hydrogens is 406 g/mol. The Morgan fingerprint density at radius 3 is 1.81 bits per heavy atom. The summed E-state index contributed by atoms with van der Waals surface area (Å²) in [6.45, 7) is 0. The number of amides is 1. The van der Waals surface area contributed by atoms with Crippen LogP contribution in [0.2, 0.25) is 0 Å². The number of ether oxygens (including phenoxy) is 1. The summed E-state index contributed by atoms with van der Waals surface area (Å²) < 4.78 is 4.60. The average molecular weight is 436 g/mol. The van der Waals surface area contributed by atoms with E-state index >= 15 is 0 Å². The first-order valence-corrected chi connectivity index (χ1v) is 10.3. The van der Waals surface area contributed by atoms with Gasteiger partial charge < -0.3 is 31.5 Å². The van der Waals surface area contributed by atoms with E-state index in [1.54, 1.807) is 7.05 Å². The van der Waals surface area contributed by atoms with Gasteiger partial charge in [0.25, 0.3) is 0 Å². The van der Waals surface area contributed by atoms with E-state index in [1.165, 1.54) is 7.11 Å². The molecule has 0 unspecified atom stereocenters. The lowest BCUT2D eigenvalue weighted by atomic mass is 10.1. The lowest BCUT2D eigenvalue weighted by Crippen LogP contribution is -2.40. The van der Waals surface area contributed by atoms with Crippen LogP contribution in [0.5, 0.6) is 0 Å². The molecular formula is C24H29N5O3. The maximum atomic E-state index is 11.3. The molecule has 4 rings (SSSR count). The fourth-order valence-corrected chi connectivity index (χ4v) is 3.59. The summed E-state index contributed by atoms with van der Waals surface area (Å²) in [5, 5.41) is 4.78. The van der Waals surface area contributed by atoms with Crippen molar-refractivity contribution in [3.63, 3.8) is 0 Å². The van der Waals surface area contributed by atoms with E-state index in [0.717, 1.165) is 32.9 Å². The number of methoxy groups -OCH3 is 1. The highest BCUT2D eigenvalue weighted by Crippen LogP contribution is 2.19. The minimum atomic E-state index is -0.607. The monoisotopic (exact) mass is 435 g/mol. The SMILES string of the molecule is CNC(=O)[C@@H](N)Cc1c[nH]c2ccccc12.COC(=O)[C@@H](N)Cc1c[nH]c2ccccc12. The Labute approximate surface area is 186 Å². The van der Waals surface area contributed by atoms with Gasteiger partial charge in [0.2, 0.25) is 5.91 Å². The van der Waals surface area contributed by atoms with Crippen LogP contribution in [-0.2, 0) is 27.2 Å². The zero-order valence-electron chi connectivity index (χ0n) is 18.2. The van der Waals surface area contributed by atoms with Crippen molar-refractivity contribution in [3.8, 4) is 0 Å². The molecule has 4 aromatic rings. The number of para-hydroxylation sites is 2. The first kappa shape index (κ1) is 23.1. The Bertz CT molecular complexity index is 1100. The predicted molar refractivity (Wildman–Crippen MR) is 126 cm³/mol. The standard InChI is InChI=1S/C12H15N3O.C12H14N2O2/c1-14-12(16)10(13)6-8-7-15-11-5-3-2-4-9(8)11;1-16-12(15)10(13)6-8-7-14-11-5-3-2-4-9(8)11/h2-5,7,10,15H,6,13H2,1H3,(H,14,16);2-5,7,10,14H,6,13H2,1H3/t2*10-/m00/s1. The fraction of sp³-hybridized carbons (Fsp3) is 0.250. The molecule has 32 heavy (non-hydrogen) atoms. The molecule has 1 amide bonds. The second-order valence-corrected chi connectivity index (χ2v) is 7.48. The van der Waals surface area contributed by atoms with Crippen molar-refractivity contribution in [2.24, 2.45) is 11.5 Å². The Morgan fingerprint density at radius 2 is 1.34 bits per heavy atom. The van der Waals surface area contributed by atoms with Crippen LogP contribution in [0.4, 0.5) is 0 Å². The van der Waals surface area contributed by atoms with Crippen molar-refractivity contribution in [3.05, 3.63) is 72.1 Å². The molecule has 0 fully saturated rings. The molecule has 0 aliphatic carbocycles. The van der Waals surface area contributed by atoms with Crippen molar-refractivity contribution < 1.29 is 14.3 Å². The topological polar surface area (TPSA) is 139 Å². The number of nitrogens with one attached hydrogen (secondary N) is 3. The summed E-state index contributed by atoms with van der Waals surface area (Å²) >= 11 is 0. The van der Waals surface area contributed by atoms with Crippen LogP contribution >= 0.6 is 0 Å². The zero-order chi connectivity index (χ0) is 23.1. The van der Waals surface area contributed by atoms with Gasteiger partial charge in [-0.25, -0.2) is 0 Å². The van der Waals surface area contributed by atoms with Crippen molar-refractivity contribution in [2.75, 3.05) is 14.2 Å². The highest BCUT2D eigenvalue weighted by Gasteiger charge is 2.16. The number of rotatable bonds is 6. The normalized spacial score (nSPS) is 12.6. The second kappa shape index (κ2) is 10.6. The van der Waals surface area contributed by atoms with Gasteiger partial charge in [-0.05, 0) is 29.7 Å². The van der Waals surface area contributed by atoms with Crippen LogP contribution in [0, 0.1) is 0 Å². The van der Waals surface area contributed by atoms with Gasteiger partial charge in [-0.15, -0.1) is 0 Å². The maximum absolute atomic E-state index is 11.3. The van der Waals surface area contributed by atoms with Crippen molar-refractivity contribution in [1.29, 1.82) is 0 Å². The molecule has 0 saturated carbocycles. The lowest BCUT2D eigenvalue weighted by molar-refractivity contribution is -0.142. The molecule has 0 aliphatic rings. The van der Waals surface area contributed by atoms with Crippen molar-refractivity contribution in [1.82, 2.24) is 15.3 Å². The Hall–Kier alpha value is -3.62. The van der Waals surface area contributed by atoms with Gasteiger partial charge in [0.05, 0.1) is 13.2 Å².